The first-order chi connectivity index (χ1) is 10.5. The molecule has 1 atom stereocenters. The Morgan fingerprint density at radius 1 is 1.32 bits per heavy atom. The minimum absolute atomic E-state index is 0.275. The Labute approximate surface area is 132 Å². The van der Waals surface area contributed by atoms with Crippen LogP contribution in [-0.2, 0) is 13.6 Å². The van der Waals surface area contributed by atoms with Crippen LogP contribution in [0.4, 0.5) is 0 Å². The third kappa shape index (κ3) is 2.94. The highest BCUT2D eigenvalue weighted by Crippen LogP contribution is 2.32. The summed E-state index contributed by atoms with van der Waals surface area (Å²) in [5.74, 6) is 0. The third-order valence-electron chi connectivity index (χ3n) is 4.89. The Bertz CT molecular complexity index is 661. The highest BCUT2D eigenvalue weighted by atomic mass is 15.3. The average Bonchev–Trinajstić information content (AvgIpc) is 3.08. The van der Waals surface area contributed by atoms with Crippen molar-refractivity contribution in [1.82, 2.24) is 14.7 Å². The Balaban J connectivity index is 1.87. The summed E-state index contributed by atoms with van der Waals surface area (Å²) in [6.07, 6.45) is 3.05. The number of aromatic nitrogens is 2. The van der Waals surface area contributed by atoms with E-state index in [-0.39, 0.29) is 5.41 Å². The second-order valence-corrected chi connectivity index (χ2v) is 6.98. The van der Waals surface area contributed by atoms with Gasteiger partial charge in [-0.3, -0.25) is 9.58 Å². The van der Waals surface area contributed by atoms with Crippen molar-refractivity contribution in [2.45, 2.75) is 26.8 Å². The molecule has 1 fully saturated rings. The van der Waals surface area contributed by atoms with Gasteiger partial charge >= 0.3 is 0 Å². The maximum atomic E-state index is 5.93. The largest absolute Gasteiger partial charge is 0.330 e. The molecule has 2 N–H and O–H groups in total. The van der Waals surface area contributed by atoms with E-state index in [1.165, 1.54) is 28.8 Å². The smallest absolute Gasteiger partial charge is 0.0682 e. The van der Waals surface area contributed by atoms with Gasteiger partial charge in [-0.05, 0) is 49.5 Å². The zero-order valence-electron chi connectivity index (χ0n) is 13.8. The molecule has 4 nitrogen and oxygen atoms in total. The first kappa shape index (κ1) is 15.3. The molecule has 1 aromatic carbocycles. The molecule has 0 spiro atoms. The molecule has 0 radical (unpaired) electrons. The summed E-state index contributed by atoms with van der Waals surface area (Å²) < 4.78 is 1.95. The van der Waals surface area contributed by atoms with Gasteiger partial charge in [0.25, 0.3) is 0 Å². The van der Waals surface area contributed by atoms with Crippen molar-refractivity contribution in [2.75, 3.05) is 19.6 Å². The Hall–Kier alpha value is -1.65. The fourth-order valence-corrected chi connectivity index (χ4v) is 3.37. The molecular weight excluding hydrogens is 272 g/mol. The van der Waals surface area contributed by atoms with E-state index in [9.17, 15) is 0 Å². The van der Waals surface area contributed by atoms with Gasteiger partial charge in [-0.1, -0.05) is 24.6 Å². The summed E-state index contributed by atoms with van der Waals surface area (Å²) >= 11 is 0. The SMILES string of the molecule is Cc1ccc(CN2CCC(C)(CN)C2)c(-c2ccnn2C)c1. The van der Waals surface area contributed by atoms with Crippen LogP contribution >= 0.6 is 0 Å². The van der Waals surface area contributed by atoms with E-state index in [4.69, 9.17) is 5.73 Å². The number of aryl methyl sites for hydroxylation is 2. The van der Waals surface area contributed by atoms with Gasteiger partial charge in [0.1, 0.15) is 0 Å². The van der Waals surface area contributed by atoms with E-state index in [1.807, 2.05) is 17.9 Å². The second-order valence-electron chi connectivity index (χ2n) is 6.98. The van der Waals surface area contributed by atoms with Crippen LogP contribution in [0.5, 0.6) is 0 Å². The molecule has 0 saturated carbocycles. The van der Waals surface area contributed by atoms with E-state index in [1.54, 1.807) is 0 Å². The molecule has 3 rings (SSSR count). The molecule has 1 saturated heterocycles. The number of nitrogens with two attached hydrogens (primary N) is 1. The molecule has 4 heteroatoms. The molecule has 2 heterocycles. The zero-order valence-corrected chi connectivity index (χ0v) is 13.8. The zero-order chi connectivity index (χ0) is 15.7. The summed E-state index contributed by atoms with van der Waals surface area (Å²) in [6.45, 7) is 8.41. The van der Waals surface area contributed by atoms with Crippen LogP contribution in [-0.4, -0.2) is 34.3 Å². The standard InChI is InChI=1S/C18H26N4/c1-14-4-5-15(11-22-9-7-18(2,12-19)13-22)16(10-14)17-6-8-20-21(17)3/h4-6,8,10H,7,9,11-13,19H2,1-3H3. The predicted molar refractivity (Wildman–Crippen MR) is 90.4 cm³/mol. The molecule has 0 aliphatic carbocycles. The predicted octanol–water partition coefficient (Wildman–Crippen LogP) is 2.57. The number of rotatable bonds is 4. The highest BCUT2D eigenvalue weighted by Gasteiger charge is 2.32. The van der Waals surface area contributed by atoms with Crippen molar-refractivity contribution in [3.63, 3.8) is 0 Å². The van der Waals surface area contributed by atoms with Gasteiger partial charge in [0.05, 0.1) is 5.69 Å². The lowest BCUT2D eigenvalue weighted by molar-refractivity contribution is 0.274. The monoisotopic (exact) mass is 298 g/mol. The number of hydrogen-bond donors (Lipinski definition) is 1. The summed E-state index contributed by atoms with van der Waals surface area (Å²) in [5, 5.41) is 4.32. The molecule has 1 aromatic heterocycles. The molecule has 1 unspecified atom stereocenters. The van der Waals surface area contributed by atoms with E-state index in [0.29, 0.717) is 0 Å². The van der Waals surface area contributed by atoms with Crippen LogP contribution in [0.1, 0.15) is 24.5 Å². The van der Waals surface area contributed by atoms with Crippen molar-refractivity contribution >= 4 is 0 Å². The molecule has 118 valence electrons. The average molecular weight is 298 g/mol. The van der Waals surface area contributed by atoms with Gasteiger partial charge < -0.3 is 5.73 Å². The summed E-state index contributed by atoms with van der Waals surface area (Å²) in [6, 6.07) is 8.82. The molecule has 0 bridgehead atoms. The third-order valence-corrected chi connectivity index (χ3v) is 4.89. The number of hydrogen-bond acceptors (Lipinski definition) is 3. The van der Waals surface area contributed by atoms with E-state index in [0.717, 1.165) is 26.2 Å². The van der Waals surface area contributed by atoms with Crippen LogP contribution in [0.3, 0.4) is 0 Å². The topological polar surface area (TPSA) is 47.1 Å². The molecule has 0 amide bonds. The van der Waals surface area contributed by atoms with Gasteiger partial charge in [0.15, 0.2) is 0 Å². The van der Waals surface area contributed by atoms with Crippen LogP contribution in [0, 0.1) is 12.3 Å². The molecule has 1 aliphatic heterocycles. The lowest BCUT2D eigenvalue weighted by Gasteiger charge is -2.23. The van der Waals surface area contributed by atoms with Crippen molar-refractivity contribution in [2.24, 2.45) is 18.2 Å². The lowest BCUT2D eigenvalue weighted by atomic mass is 9.90. The Morgan fingerprint density at radius 3 is 2.77 bits per heavy atom. The van der Waals surface area contributed by atoms with Crippen LogP contribution in [0.15, 0.2) is 30.5 Å². The number of benzene rings is 1. The van der Waals surface area contributed by atoms with Gasteiger partial charge in [0, 0.05) is 31.9 Å². The summed E-state index contributed by atoms with van der Waals surface area (Å²) in [7, 11) is 2.00. The van der Waals surface area contributed by atoms with E-state index < -0.39 is 0 Å². The van der Waals surface area contributed by atoms with Crippen LogP contribution in [0.2, 0.25) is 0 Å². The van der Waals surface area contributed by atoms with Gasteiger partial charge in [-0.2, -0.15) is 5.10 Å². The van der Waals surface area contributed by atoms with Crippen LogP contribution in [0.25, 0.3) is 11.3 Å². The van der Waals surface area contributed by atoms with Crippen molar-refractivity contribution in [1.29, 1.82) is 0 Å². The Kier molecular flexibility index (Phi) is 4.06. The maximum Gasteiger partial charge on any atom is 0.0682 e. The summed E-state index contributed by atoms with van der Waals surface area (Å²) in [5.41, 5.74) is 11.3. The number of likely N-dealkylation sites (tertiary alicyclic amines) is 1. The molecule has 2 aromatic rings. The first-order valence-corrected chi connectivity index (χ1v) is 8.01. The fourth-order valence-electron chi connectivity index (χ4n) is 3.37. The summed E-state index contributed by atoms with van der Waals surface area (Å²) in [4.78, 5) is 2.53. The molecular formula is C18H26N4. The number of nitrogens with zero attached hydrogens (tertiary/aromatic N) is 3. The molecule has 1 aliphatic rings. The van der Waals surface area contributed by atoms with E-state index >= 15 is 0 Å². The normalized spacial score (nSPS) is 22.4. The van der Waals surface area contributed by atoms with Gasteiger partial charge in [-0.15, -0.1) is 0 Å². The van der Waals surface area contributed by atoms with Gasteiger partial charge in [-0.25, -0.2) is 0 Å². The minimum Gasteiger partial charge on any atom is -0.330 e. The van der Waals surface area contributed by atoms with Crippen molar-refractivity contribution in [3.05, 3.63) is 41.6 Å². The second kappa shape index (κ2) is 5.86. The minimum atomic E-state index is 0.275. The lowest BCUT2D eigenvalue weighted by Crippen LogP contribution is -2.31. The van der Waals surface area contributed by atoms with Crippen LogP contribution < -0.4 is 5.73 Å². The van der Waals surface area contributed by atoms with Crippen molar-refractivity contribution < 1.29 is 0 Å². The Morgan fingerprint density at radius 2 is 2.14 bits per heavy atom. The molecule has 22 heavy (non-hydrogen) atoms. The maximum absolute atomic E-state index is 5.93. The fraction of sp³-hybridized carbons (Fsp3) is 0.500. The quantitative estimate of drug-likeness (QED) is 0.943. The highest BCUT2D eigenvalue weighted by molar-refractivity contribution is 5.64. The van der Waals surface area contributed by atoms with Gasteiger partial charge in [0.2, 0.25) is 0 Å². The first-order valence-electron chi connectivity index (χ1n) is 8.01. The van der Waals surface area contributed by atoms with Crippen molar-refractivity contribution in [3.8, 4) is 11.3 Å². The van der Waals surface area contributed by atoms with E-state index in [2.05, 4.69) is 48.1 Å².